The number of hydrogen-bond acceptors (Lipinski definition) is 1. The normalized spacial score (nSPS) is 10.1. The van der Waals surface area contributed by atoms with Crippen molar-refractivity contribution in [1.29, 1.82) is 0 Å². The fourth-order valence-corrected chi connectivity index (χ4v) is 5.26. The van der Waals surface area contributed by atoms with Crippen molar-refractivity contribution < 1.29 is 32.7 Å². The second-order valence-electron chi connectivity index (χ2n) is 5.02. The molecular formula is C21H21PSY-2. The Labute approximate surface area is 175 Å². The van der Waals surface area contributed by atoms with E-state index in [1.165, 1.54) is 27.7 Å². The van der Waals surface area contributed by atoms with Crippen molar-refractivity contribution in [2.75, 3.05) is 6.26 Å². The second-order valence-corrected chi connectivity index (χ2v) is 8.59. The van der Waals surface area contributed by atoms with E-state index in [1.54, 1.807) is 0 Å². The Balaban J connectivity index is 0.000000671. The Morgan fingerprint density at radius 1 is 0.667 bits per heavy atom. The Morgan fingerprint density at radius 2 is 0.875 bits per heavy atom. The van der Waals surface area contributed by atoms with Gasteiger partial charge in [-0.2, -0.15) is 6.89 Å². The van der Waals surface area contributed by atoms with Gasteiger partial charge in [0.05, 0.1) is 0 Å². The van der Waals surface area contributed by atoms with Crippen molar-refractivity contribution in [2.45, 2.75) is 0 Å². The molecule has 0 unspecified atom stereocenters. The number of thioether (sulfide) groups is 1. The first kappa shape index (κ1) is 21.5. The molecule has 0 heterocycles. The van der Waals surface area contributed by atoms with Crippen LogP contribution in [0.2, 0.25) is 0 Å². The van der Waals surface area contributed by atoms with Crippen LogP contribution in [-0.4, -0.2) is 12.6 Å². The van der Waals surface area contributed by atoms with Crippen molar-refractivity contribution >= 4 is 40.9 Å². The Bertz CT molecular complexity index is 639. The van der Waals surface area contributed by atoms with E-state index >= 15 is 0 Å². The first-order chi connectivity index (χ1) is 11.2. The van der Waals surface area contributed by atoms with Crippen molar-refractivity contribution in [2.24, 2.45) is 0 Å². The van der Waals surface area contributed by atoms with E-state index < -0.39 is 6.89 Å². The van der Waals surface area contributed by atoms with Crippen LogP contribution in [0.25, 0.3) is 0 Å². The summed E-state index contributed by atoms with van der Waals surface area (Å²) in [6.07, 6.45) is 12.3. The standard InChI is InChI=1S/C19H16P.C2H5S.Y/c1-20(17-11-5-2-6-12-17,18-13-7-3-8-14-18)19-15-9-4-10-16-19;1-3-2;/h1-16H;1H2,2H3;/q2*-1;. The molecule has 3 aromatic carbocycles. The SMILES string of the molecule is [CH-]=P(c1ccccc1)(c1ccccc1)c1ccccc1.[CH2-]SC.[Y]. The van der Waals surface area contributed by atoms with Crippen molar-refractivity contribution in [3.63, 3.8) is 0 Å². The second kappa shape index (κ2) is 11.1. The van der Waals surface area contributed by atoms with Gasteiger partial charge >= 0.3 is 0 Å². The molecule has 0 amide bonds. The summed E-state index contributed by atoms with van der Waals surface area (Å²) in [5.74, 6) is 0. The third-order valence-corrected chi connectivity index (χ3v) is 6.83. The van der Waals surface area contributed by atoms with Gasteiger partial charge in [-0.25, -0.2) is 0 Å². The summed E-state index contributed by atoms with van der Waals surface area (Å²) in [6.45, 7) is -2.03. The van der Waals surface area contributed by atoms with Gasteiger partial charge in [-0.05, 0) is 22.2 Å². The molecule has 0 aromatic heterocycles. The molecule has 24 heavy (non-hydrogen) atoms. The molecule has 3 aromatic rings. The third-order valence-electron chi connectivity index (χ3n) is 3.49. The predicted molar refractivity (Wildman–Crippen MR) is 110 cm³/mol. The van der Waals surface area contributed by atoms with E-state index in [4.69, 9.17) is 6.30 Å². The van der Waals surface area contributed by atoms with Crippen LogP contribution in [0.5, 0.6) is 0 Å². The Hall–Kier alpha value is -0.586. The molecule has 1 radical (unpaired) electrons. The smallest absolute Gasteiger partial charge is 0 e. The van der Waals surface area contributed by atoms with Crippen LogP contribution in [0.1, 0.15) is 0 Å². The van der Waals surface area contributed by atoms with E-state index in [-0.39, 0.29) is 32.7 Å². The summed E-state index contributed by atoms with van der Waals surface area (Å²) in [7, 11) is 0. The zero-order chi connectivity index (χ0) is 16.5. The van der Waals surface area contributed by atoms with Crippen molar-refractivity contribution in [3.05, 3.63) is 97.3 Å². The molecule has 3 heteroatoms. The molecule has 0 saturated carbocycles. The molecule has 0 fully saturated rings. The average molecular weight is 425 g/mol. The zero-order valence-electron chi connectivity index (χ0n) is 13.9. The molecule has 3 rings (SSSR count). The molecule has 0 aliphatic heterocycles. The van der Waals surface area contributed by atoms with Gasteiger partial charge in [0, 0.05) is 32.7 Å². The quantitative estimate of drug-likeness (QED) is 0.442. The van der Waals surface area contributed by atoms with Gasteiger partial charge in [-0.15, -0.1) is 0 Å². The molecule has 0 N–H and O–H groups in total. The van der Waals surface area contributed by atoms with Gasteiger partial charge in [0.2, 0.25) is 0 Å². The van der Waals surface area contributed by atoms with Crippen LogP contribution in [0.4, 0.5) is 0 Å². The van der Waals surface area contributed by atoms with E-state index in [9.17, 15) is 0 Å². The topological polar surface area (TPSA) is 0 Å². The zero-order valence-corrected chi connectivity index (χ0v) is 18.4. The summed E-state index contributed by atoms with van der Waals surface area (Å²) in [5, 5.41) is 3.62. The van der Waals surface area contributed by atoms with Crippen LogP contribution in [0.3, 0.4) is 0 Å². The molecule has 0 spiro atoms. The summed E-state index contributed by atoms with van der Waals surface area (Å²) >= 11 is 1.50. The van der Waals surface area contributed by atoms with E-state index in [0.29, 0.717) is 0 Å². The first-order valence-electron chi connectivity index (χ1n) is 7.36. The van der Waals surface area contributed by atoms with Crippen molar-refractivity contribution in [3.8, 4) is 0 Å². The van der Waals surface area contributed by atoms with Crippen LogP contribution in [-0.2, 0) is 32.7 Å². The minimum atomic E-state index is -2.03. The summed E-state index contributed by atoms with van der Waals surface area (Å²) < 4.78 is 0. The number of hydrogen-bond donors (Lipinski definition) is 0. The van der Waals surface area contributed by atoms with Gasteiger partial charge in [0.1, 0.15) is 0 Å². The largest absolute Gasteiger partial charge is 0.496 e. The molecule has 0 atom stereocenters. The molecule has 121 valence electrons. The maximum Gasteiger partial charge on any atom is 0 e. The summed E-state index contributed by atoms with van der Waals surface area (Å²) in [6, 6.07) is 31.2. The van der Waals surface area contributed by atoms with Gasteiger partial charge in [-0.3, -0.25) is 6.26 Å². The van der Waals surface area contributed by atoms with Crippen LogP contribution < -0.4 is 15.9 Å². The summed E-state index contributed by atoms with van der Waals surface area (Å²) in [5.41, 5.74) is 0. The van der Waals surface area contributed by atoms with E-state index in [2.05, 4.69) is 79.1 Å². The minimum Gasteiger partial charge on any atom is -0.496 e. The predicted octanol–water partition coefficient (Wildman–Crippen LogP) is 4.43. The molecule has 0 nitrogen and oxygen atoms in total. The van der Waals surface area contributed by atoms with Crippen LogP contribution in [0, 0.1) is 6.26 Å². The van der Waals surface area contributed by atoms with E-state index in [1.807, 2.05) is 24.5 Å². The van der Waals surface area contributed by atoms with E-state index in [0.717, 1.165) is 0 Å². The fourth-order valence-electron chi connectivity index (χ4n) is 2.44. The Morgan fingerprint density at radius 3 is 1.08 bits per heavy atom. The van der Waals surface area contributed by atoms with Gasteiger partial charge in [-0.1, -0.05) is 91.0 Å². The molecular weight excluding hydrogens is 404 g/mol. The number of rotatable bonds is 3. The third kappa shape index (κ3) is 5.20. The average Bonchev–Trinajstić information content (AvgIpc) is 2.64. The van der Waals surface area contributed by atoms with Crippen LogP contribution in [0.15, 0.2) is 91.0 Å². The van der Waals surface area contributed by atoms with Crippen LogP contribution >= 0.6 is 18.6 Å². The molecule has 0 aliphatic carbocycles. The molecule has 0 bridgehead atoms. The molecule has 0 aliphatic rings. The monoisotopic (exact) mass is 425 g/mol. The van der Waals surface area contributed by atoms with Gasteiger partial charge < -0.3 is 18.1 Å². The maximum absolute atomic E-state index is 6.97. The molecule has 0 saturated heterocycles. The van der Waals surface area contributed by atoms with Gasteiger partial charge in [0.25, 0.3) is 0 Å². The number of benzene rings is 3. The van der Waals surface area contributed by atoms with Crippen molar-refractivity contribution in [1.82, 2.24) is 0 Å². The minimum absolute atomic E-state index is 0. The van der Waals surface area contributed by atoms with Gasteiger partial charge in [0.15, 0.2) is 0 Å². The Kier molecular flexibility index (Phi) is 9.93. The fraction of sp³-hybridized carbons (Fsp3) is 0.0476. The summed E-state index contributed by atoms with van der Waals surface area (Å²) in [4.78, 5) is 0. The maximum atomic E-state index is 6.97. The first-order valence-corrected chi connectivity index (χ1v) is 10.6.